The highest BCUT2D eigenvalue weighted by Crippen LogP contribution is 2.31. The van der Waals surface area contributed by atoms with E-state index < -0.39 is 29.8 Å². The largest absolute Gasteiger partial charge is 0.416 e. The molecule has 0 radical (unpaired) electrons. The molecule has 2 amide bonds. The molecule has 0 spiro atoms. The van der Waals surface area contributed by atoms with Crippen molar-refractivity contribution in [3.63, 3.8) is 0 Å². The Bertz CT molecular complexity index is 974. The van der Waals surface area contributed by atoms with Crippen molar-refractivity contribution in [3.8, 4) is 0 Å². The van der Waals surface area contributed by atoms with Gasteiger partial charge in [0.15, 0.2) is 0 Å². The molecule has 0 bridgehead atoms. The molecule has 1 N–H and O–H groups in total. The van der Waals surface area contributed by atoms with Crippen LogP contribution in [0, 0.1) is 0 Å². The summed E-state index contributed by atoms with van der Waals surface area (Å²) < 4.78 is 39.1. The summed E-state index contributed by atoms with van der Waals surface area (Å²) in [6.07, 6.45) is -3.16. The second-order valence-corrected chi connectivity index (χ2v) is 6.71. The molecule has 0 aliphatic carbocycles. The van der Waals surface area contributed by atoms with E-state index in [9.17, 15) is 27.6 Å². The summed E-state index contributed by atoms with van der Waals surface area (Å²) in [5, 5.41) is 6.20. The molecule has 0 saturated carbocycles. The minimum atomic E-state index is -4.54. The van der Waals surface area contributed by atoms with Crippen LogP contribution in [-0.2, 0) is 22.3 Å². The van der Waals surface area contributed by atoms with E-state index in [1.807, 2.05) is 0 Å². The molecule has 142 valence electrons. The van der Waals surface area contributed by atoms with Crippen LogP contribution >= 0.6 is 11.8 Å². The highest BCUT2D eigenvalue weighted by Gasteiger charge is 2.30. The van der Waals surface area contributed by atoms with E-state index in [-0.39, 0.29) is 23.0 Å². The van der Waals surface area contributed by atoms with Crippen LogP contribution in [-0.4, -0.2) is 34.4 Å². The molecule has 1 aromatic heterocycles. The van der Waals surface area contributed by atoms with Crippen LogP contribution in [0.1, 0.15) is 5.56 Å². The van der Waals surface area contributed by atoms with Crippen LogP contribution < -0.4 is 15.8 Å². The first-order valence-corrected chi connectivity index (χ1v) is 8.62. The zero-order chi connectivity index (χ0) is 19.8. The molecule has 27 heavy (non-hydrogen) atoms. The van der Waals surface area contributed by atoms with Crippen LogP contribution in [0.15, 0.2) is 40.2 Å². The number of alkyl halides is 3. The van der Waals surface area contributed by atoms with Gasteiger partial charge in [-0.05, 0) is 18.2 Å². The predicted molar refractivity (Wildman–Crippen MR) is 92.7 cm³/mol. The average molecular weight is 398 g/mol. The van der Waals surface area contributed by atoms with Gasteiger partial charge in [0.05, 0.1) is 22.4 Å². The Morgan fingerprint density at radius 3 is 2.78 bits per heavy atom. The lowest BCUT2D eigenvalue weighted by atomic mass is 10.2. The van der Waals surface area contributed by atoms with Crippen LogP contribution in [0.25, 0.3) is 0 Å². The monoisotopic (exact) mass is 398 g/mol. The minimum absolute atomic E-state index is 0.0521. The van der Waals surface area contributed by atoms with Crippen LogP contribution in [0.3, 0.4) is 0 Å². The number of amides is 2. The maximum atomic E-state index is 12.7. The fourth-order valence-corrected chi connectivity index (χ4v) is 3.42. The van der Waals surface area contributed by atoms with Gasteiger partial charge in [0.1, 0.15) is 12.2 Å². The molecule has 0 atom stereocenters. The van der Waals surface area contributed by atoms with Crippen molar-refractivity contribution in [2.75, 3.05) is 23.0 Å². The topological polar surface area (TPSA) is 84.3 Å². The fraction of sp³-hybridized carbons (Fsp3) is 0.250. The molecule has 2 heterocycles. The molecule has 7 nitrogen and oxygen atoms in total. The number of nitrogens with zero attached hydrogens (tertiary/aromatic N) is 3. The van der Waals surface area contributed by atoms with Gasteiger partial charge >= 0.3 is 6.18 Å². The fourth-order valence-electron chi connectivity index (χ4n) is 2.46. The van der Waals surface area contributed by atoms with E-state index in [4.69, 9.17) is 0 Å². The van der Waals surface area contributed by atoms with Gasteiger partial charge in [0.25, 0.3) is 5.56 Å². The van der Waals surface area contributed by atoms with Crippen molar-refractivity contribution in [1.29, 1.82) is 0 Å². The Morgan fingerprint density at radius 2 is 2.07 bits per heavy atom. The third kappa shape index (κ3) is 3.97. The first kappa shape index (κ1) is 19.0. The maximum Gasteiger partial charge on any atom is 0.416 e. The number of halogens is 3. The van der Waals surface area contributed by atoms with Gasteiger partial charge in [0, 0.05) is 12.7 Å². The molecule has 3 rings (SSSR count). The molecule has 1 aliphatic rings. The van der Waals surface area contributed by atoms with Gasteiger partial charge in [0.2, 0.25) is 11.8 Å². The van der Waals surface area contributed by atoms with Gasteiger partial charge in [-0.1, -0.05) is 6.07 Å². The van der Waals surface area contributed by atoms with Crippen molar-refractivity contribution in [1.82, 2.24) is 9.78 Å². The number of benzene rings is 1. The number of nitrogens with one attached hydrogen (secondary N) is 1. The van der Waals surface area contributed by atoms with Crippen LogP contribution in [0.4, 0.5) is 24.5 Å². The lowest BCUT2D eigenvalue weighted by Crippen LogP contribution is -2.40. The van der Waals surface area contributed by atoms with Gasteiger partial charge in [-0.25, -0.2) is 4.68 Å². The molecule has 11 heteroatoms. The summed E-state index contributed by atoms with van der Waals surface area (Å²) in [6.45, 7) is -0.505. The minimum Gasteiger partial charge on any atom is -0.324 e. The molecule has 1 aliphatic heterocycles. The second kappa shape index (κ2) is 7.06. The molecular formula is C16H13F3N4O3S. The zero-order valence-corrected chi connectivity index (χ0v) is 14.7. The van der Waals surface area contributed by atoms with E-state index >= 15 is 0 Å². The molecule has 0 saturated heterocycles. The van der Waals surface area contributed by atoms with E-state index in [0.29, 0.717) is 4.90 Å². The summed E-state index contributed by atoms with van der Waals surface area (Å²) in [7, 11) is 1.45. The van der Waals surface area contributed by atoms with Crippen molar-refractivity contribution < 1.29 is 22.8 Å². The Hall–Kier alpha value is -2.82. The Labute approximate surface area is 155 Å². The van der Waals surface area contributed by atoms with E-state index in [1.165, 1.54) is 42.0 Å². The zero-order valence-electron chi connectivity index (χ0n) is 13.9. The third-order valence-electron chi connectivity index (χ3n) is 3.81. The highest BCUT2D eigenvalue weighted by molar-refractivity contribution is 8.00. The Kier molecular flexibility index (Phi) is 4.96. The molecule has 0 fully saturated rings. The molecule has 1 aromatic carbocycles. The lowest BCUT2D eigenvalue weighted by Gasteiger charge is -2.24. The average Bonchev–Trinajstić information content (AvgIpc) is 2.60. The Balaban J connectivity index is 1.80. The first-order chi connectivity index (χ1) is 12.7. The summed E-state index contributed by atoms with van der Waals surface area (Å²) in [5.41, 5.74) is -1.46. The normalized spacial score (nSPS) is 14.1. The number of carbonyl (C=O) groups is 2. The number of fused-ring (bicyclic) bond motifs is 1. The second-order valence-electron chi connectivity index (χ2n) is 5.69. The quantitative estimate of drug-likeness (QED) is 0.855. The SMILES string of the molecule is CN1C(=O)CSc2cnn(CC(=O)Nc3cccc(C(F)(F)F)c3)c(=O)c21. The number of rotatable bonds is 3. The molecule has 2 aromatic rings. The van der Waals surface area contributed by atoms with E-state index in [0.717, 1.165) is 16.8 Å². The van der Waals surface area contributed by atoms with Gasteiger partial charge in [-0.2, -0.15) is 18.3 Å². The van der Waals surface area contributed by atoms with Crippen LogP contribution in [0.5, 0.6) is 0 Å². The number of thioether (sulfide) groups is 1. The smallest absolute Gasteiger partial charge is 0.324 e. The van der Waals surface area contributed by atoms with Gasteiger partial charge in [-0.15, -0.1) is 11.8 Å². The van der Waals surface area contributed by atoms with E-state index in [2.05, 4.69) is 10.4 Å². The van der Waals surface area contributed by atoms with Crippen molar-refractivity contribution in [2.24, 2.45) is 0 Å². The van der Waals surface area contributed by atoms with Crippen LogP contribution in [0.2, 0.25) is 0 Å². The third-order valence-corrected chi connectivity index (χ3v) is 4.81. The number of hydrogen-bond acceptors (Lipinski definition) is 5. The van der Waals surface area contributed by atoms with Crippen molar-refractivity contribution in [3.05, 3.63) is 46.4 Å². The summed E-state index contributed by atoms with van der Waals surface area (Å²) in [5.74, 6) is -0.790. The lowest BCUT2D eigenvalue weighted by molar-refractivity contribution is -0.137. The standard InChI is InChI=1S/C16H13F3N4O3S/c1-22-13(25)8-27-11-6-20-23(15(26)14(11)22)7-12(24)21-10-4-2-3-9(5-10)16(17,18)19/h2-6H,7-8H2,1H3,(H,21,24). The maximum absolute atomic E-state index is 12.7. The van der Waals surface area contributed by atoms with Gasteiger partial charge in [-0.3, -0.25) is 14.4 Å². The van der Waals surface area contributed by atoms with Crippen molar-refractivity contribution >= 4 is 35.0 Å². The molecular weight excluding hydrogens is 385 g/mol. The number of hydrogen-bond donors (Lipinski definition) is 1. The first-order valence-electron chi connectivity index (χ1n) is 7.63. The summed E-state index contributed by atoms with van der Waals surface area (Å²) >= 11 is 1.17. The Morgan fingerprint density at radius 1 is 1.33 bits per heavy atom. The number of anilines is 2. The molecule has 0 unspecified atom stereocenters. The number of carbonyl (C=O) groups excluding carboxylic acids is 2. The van der Waals surface area contributed by atoms with Crippen molar-refractivity contribution in [2.45, 2.75) is 17.6 Å². The predicted octanol–water partition coefficient (Wildman–Crippen LogP) is 1.97. The summed E-state index contributed by atoms with van der Waals surface area (Å²) in [4.78, 5) is 38.1. The highest BCUT2D eigenvalue weighted by atomic mass is 32.2. The van der Waals surface area contributed by atoms with E-state index in [1.54, 1.807) is 0 Å². The number of aromatic nitrogens is 2. The van der Waals surface area contributed by atoms with Gasteiger partial charge < -0.3 is 10.2 Å². The summed E-state index contributed by atoms with van der Waals surface area (Å²) in [6, 6.07) is 4.15.